The second-order valence-corrected chi connectivity index (χ2v) is 6.53. The van der Waals surface area contributed by atoms with Gasteiger partial charge in [-0.15, -0.1) is 0 Å². The number of esters is 1. The summed E-state index contributed by atoms with van der Waals surface area (Å²) in [5.41, 5.74) is 1.08. The maximum atomic E-state index is 12.8. The molecule has 3 rings (SSSR count). The van der Waals surface area contributed by atoms with Crippen LogP contribution in [0.15, 0.2) is 24.3 Å². The molecule has 2 heterocycles. The van der Waals surface area contributed by atoms with Crippen LogP contribution in [0.3, 0.4) is 0 Å². The van der Waals surface area contributed by atoms with Crippen LogP contribution in [0.4, 0.5) is 5.69 Å². The van der Waals surface area contributed by atoms with Gasteiger partial charge in [0.15, 0.2) is 0 Å². The topological polar surface area (TPSA) is 67.9 Å². The fraction of sp³-hybridized carbons (Fsp3) is 0.579. The van der Waals surface area contributed by atoms with Gasteiger partial charge in [0.05, 0.1) is 18.2 Å². The van der Waals surface area contributed by atoms with Gasteiger partial charge < -0.3 is 14.8 Å². The minimum Gasteiger partial charge on any atom is -0.462 e. The quantitative estimate of drug-likeness (QED) is 0.830. The van der Waals surface area contributed by atoms with E-state index in [2.05, 4.69) is 10.2 Å². The molecule has 2 aliphatic rings. The monoisotopic (exact) mass is 346 g/mol. The lowest BCUT2D eigenvalue weighted by Crippen LogP contribution is -2.47. The Morgan fingerprint density at radius 2 is 2.08 bits per heavy atom. The Kier molecular flexibility index (Phi) is 6.04. The lowest BCUT2D eigenvalue weighted by Gasteiger charge is -2.34. The fourth-order valence-electron chi connectivity index (χ4n) is 3.69. The maximum absolute atomic E-state index is 12.8. The molecular weight excluding hydrogens is 320 g/mol. The summed E-state index contributed by atoms with van der Waals surface area (Å²) in [6, 6.07) is 7.25. The van der Waals surface area contributed by atoms with Gasteiger partial charge in [-0.05, 0) is 57.4 Å². The molecule has 136 valence electrons. The molecule has 1 aromatic rings. The van der Waals surface area contributed by atoms with Crippen LogP contribution in [0.5, 0.6) is 0 Å². The minimum absolute atomic E-state index is 0.00463. The van der Waals surface area contributed by atoms with Gasteiger partial charge in [-0.1, -0.05) is 6.07 Å². The molecular formula is C19H26N2O4. The molecule has 1 N–H and O–H groups in total. The molecule has 0 bridgehead atoms. The Labute approximate surface area is 148 Å². The molecule has 0 saturated carbocycles. The first-order valence-electron chi connectivity index (χ1n) is 9.10. The number of benzene rings is 1. The molecule has 0 aliphatic carbocycles. The van der Waals surface area contributed by atoms with Crippen molar-refractivity contribution in [2.24, 2.45) is 0 Å². The van der Waals surface area contributed by atoms with Crippen molar-refractivity contribution in [1.29, 1.82) is 0 Å². The van der Waals surface area contributed by atoms with E-state index < -0.39 is 0 Å². The summed E-state index contributed by atoms with van der Waals surface area (Å²) in [4.78, 5) is 26.9. The fourth-order valence-corrected chi connectivity index (χ4v) is 3.69. The summed E-state index contributed by atoms with van der Waals surface area (Å²) < 4.78 is 10.4. The molecule has 6 nitrogen and oxygen atoms in total. The van der Waals surface area contributed by atoms with Crippen LogP contribution in [-0.4, -0.2) is 55.2 Å². The maximum Gasteiger partial charge on any atom is 0.338 e. The normalized spacial score (nSPS) is 21.9. The second kappa shape index (κ2) is 8.45. The van der Waals surface area contributed by atoms with Crippen LogP contribution in [0.2, 0.25) is 0 Å². The third-order valence-corrected chi connectivity index (χ3v) is 4.90. The van der Waals surface area contributed by atoms with E-state index in [-0.39, 0.29) is 17.9 Å². The standard InChI is InChI=1S/C19H26N2O4/c1-2-25-19(23)14-5-3-6-15(13-14)20-18(22)17-7-4-10-21(17)16-8-11-24-12-9-16/h3,5-6,13,16-17H,2,4,7-12H2,1H3,(H,20,22). The highest BCUT2D eigenvalue weighted by Crippen LogP contribution is 2.26. The van der Waals surface area contributed by atoms with Crippen LogP contribution in [0.1, 0.15) is 43.0 Å². The van der Waals surface area contributed by atoms with Gasteiger partial charge in [-0.2, -0.15) is 0 Å². The van der Waals surface area contributed by atoms with E-state index in [1.54, 1.807) is 31.2 Å². The number of hydrogen-bond acceptors (Lipinski definition) is 5. The number of anilines is 1. The van der Waals surface area contributed by atoms with Crippen molar-refractivity contribution in [3.8, 4) is 0 Å². The first kappa shape index (κ1) is 17.9. The van der Waals surface area contributed by atoms with E-state index in [9.17, 15) is 9.59 Å². The van der Waals surface area contributed by atoms with Gasteiger partial charge >= 0.3 is 5.97 Å². The number of carbonyl (C=O) groups is 2. The number of ether oxygens (including phenoxy) is 2. The van der Waals surface area contributed by atoms with Gasteiger partial charge in [0.2, 0.25) is 5.91 Å². The van der Waals surface area contributed by atoms with E-state index in [1.807, 2.05) is 0 Å². The minimum atomic E-state index is -0.372. The largest absolute Gasteiger partial charge is 0.462 e. The van der Waals surface area contributed by atoms with Crippen molar-refractivity contribution in [3.63, 3.8) is 0 Å². The summed E-state index contributed by atoms with van der Waals surface area (Å²) in [5.74, 6) is -0.367. The highest BCUT2D eigenvalue weighted by molar-refractivity contribution is 5.97. The third-order valence-electron chi connectivity index (χ3n) is 4.90. The average molecular weight is 346 g/mol. The molecule has 1 aromatic carbocycles. The van der Waals surface area contributed by atoms with E-state index in [1.165, 1.54) is 0 Å². The Morgan fingerprint density at radius 3 is 2.84 bits per heavy atom. The van der Waals surface area contributed by atoms with Crippen LogP contribution in [0.25, 0.3) is 0 Å². The highest BCUT2D eigenvalue weighted by atomic mass is 16.5. The molecule has 2 aliphatic heterocycles. The van der Waals surface area contributed by atoms with Crippen molar-refractivity contribution >= 4 is 17.6 Å². The first-order valence-corrected chi connectivity index (χ1v) is 9.10. The van der Waals surface area contributed by atoms with Crippen molar-refractivity contribution in [2.75, 3.05) is 31.7 Å². The zero-order valence-electron chi connectivity index (χ0n) is 14.7. The number of nitrogens with one attached hydrogen (secondary N) is 1. The predicted octanol–water partition coefficient (Wildman–Crippen LogP) is 2.45. The Balaban J connectivity index is 1.65. The second-order valence-electron chi connectivity index (χ2n) is 6.53. The zero-order chi connectivity index (χ0) is 17.6. The van der Waals surface area contributed by atoms with Crippen molar-refractivity contribution in [1.82, 2.24) is 4.90 Å². The van der Waals surface area contributed by atoms with Crippen molar-refractivity contribution in [3.05, 3.63) is 29.8 Å². The summed E-state index contributed by atoms with van der Waals surface area (Å²) in [7, 11) is 0. The van der Waals surface area contributed by atoms with Crippen LogP contribution < -0.4 is 5.32 Å². The molecule has 6 heteroatoms. The summed E-state index contributed by atoms with van der Waals surface area (Å²) >= 11 is 0. The number of nitrogens with zero attached hydrogens (tertiary/aromatic N) is 1. The number of likely N-dealkylation sites (tertiary alicyclic amines) is 1. The third kappa shape index (κ3) is 4.38. The van der Waals surface area contributed by atoms with Gasteiger partial charge in [-0.3, -0.25) is 9.69 Å². The van der Waals surface area contributed by atoms with E-state index in [4.69, 9.17) is 9.47 Å². The molecule has 1 atom stereocenters. The Morgan fingerprint density at radius 1 is 1.28 bits per heavy atom. The molecule has 0 spiro atoms. The van der Waals surface area contributed by atoms with Crippen LogP contribution in [0, 0.1) is 0 Å². The van der Waals surface area contributed by atoms with E-state index in [0.717, 1.165) is 45.4 Å². The molecule has 2 fully saturated rings. The summed E-state index contributed by atoms with van der Waals surface area (Å²) in [6.45, 7) is 4.62. The average Bonchev–Trinajstić information content (AvgIpc) is 3.13. The lowest BCUT2D eigenvalue weighted by atomic mass is 10.1. The number of carbonyl (C=O) groups excluding carboxylic acids is 2. The summed E-state index contributed by atoms with van der Waals surface area (Å²) in [5, 5.41) is 2.97. The number of rotatable bonds is 5. The molecule has 25 heavy (non-hydrogen) atoms. The lowest BCUT2D eigenvalue weighted by molar-refractivity contribution is -0.121. The summed E-state index contributed by atoms with van der Waals surface area (Å²) in [6.07, 6.45) is 3.89. The predicted molar refractivity (Wildman–Crippen MR) is 94.6 cm³/mol. The van der Waals surface area contributed by atoms with Crippen LogP contribution >= 0.6 is 0 Å². The van der Waals surface area contributed by atoms with E-state index >= 15 is 0 Å². The number of amides is 1. The highest BCUT2D eigenvalue weighted by Gasteiger charge is 2.35. The number of hydrogen-bond donors (Lipinski definition) is 1. The molecule has 0 aromatic heterocycles. The van der Waals surface area contributed by atoms with Crippen molar-refractivity contribution in [2.45, 2.75) is 44.7 Å². The SMILES string of the molecule is CCOC(=O)c1cccc(NC(=O)C2CCCN2C2CCOCC2)c1. The Hall–Kier alpha value is -1.92. The Bertz CT molecular complexity index is 613. The van der Waals surface area contributed by atoms with Crippen molar-refractivity contribution < 1.29 is 19.1 Å². The zero-order valence-corrected chi connectivity index (χ0v) is 14.7. The van der Waals surface area contributed by atoms with Gasteiger partial charge in [0.25, 0.3) is 0 Å². The molecule has 1 amide bonds. The smallest absolute Gasteiger partial charge is 0.338 e. The van der Waals surface area contributed by atoms with E-state index in [0.29, 0.717) is 23.9 Å². The molecule has 2 saturated heterocycles. The van der Waals surface area contributed by atoms with Gasteiger partial charge in [-0.25, -0.2) is 4.79 Å². The van der Waals surface area contributed by atoms with Crippen LogP contribution in [-0.2, 0) is 14.3 Å². The molecule has 0 radical (unpaired) electrons. The first-order chi connectivity index (χ1) is 12.2. The molecule has 1 unspecified atom stereocenters. The van der Waals surface area contributed by atoms with Gasteiger partial charge in [0, 0.05) is 24.9 Å². The van der Waals surface area contributed by atoms with Gasteiger partial charge in [0.1, 0.15) is 0 Å².